The van der Waals surface area contributed by atoms with E-state index in [-0.39, 0.29) is 5.56 Å². The molecule has 0 radical (unpaired) electrons. The van der Waals surface area contributed by atoms with Crippen molar-refractivity contribution in [2.24, 2.45) is 0 Å². The predicted octanol–water partition coefficient (Wildman–Crippen LogP) is 1.70. The molecule has 0 amide bonds. The van der Waals surface area contributed by atoms with Crippen LogP contribution in [0.5, 0.6) is 0 Å². The molecule has 6 heteroatoms. The van der Waals surface area contributed by atoms with Crippen LogP contribution in [0.15, 0.2) is 33.8 Å². The van der Waals surface area contributed by atoms with Crippen molar-refractivity contribution in [2.45, 2.75) is 6.54 Å². The van der Waals surface area contributed by atoms with Gasteiger partial charge in [-0.1, -0.05) is 0 Å². The molecule has 2 rings (SSSR count). The van der Waals surface area contributed by atoms with Crippen molar-refractivity contribution in [3.63, 3.8) is 0 Å². The maximum atomic E-state index is 11.7. The van der Waals surface area contributed by atoms with Gasteiger partial charge in [-0.3, -0.25) is 4.79 Å². The predicted molar refractivity (Wildman–Crippen MR) is 64.0 cm³/mol. The Labute approximate surface area is 98.7 Å². The Bertz CT molecular complexity index is 521. The second kappa shape index (κ2) is 4.16. The van der Waals surface area contributed by atoms with E-state index in [2.05, 4.69) is 20.3 Å². The van der Waals surface area contributed by atoms with Gasteiger partial charge in [-0.2, -0.15) is 0 Å². The van der Waals surface area contributed by atoms with Crippen LogP contribution in [0.25, 0.3) is 0 Å². The van der Waals surface area contributed by atoms with E-state index in [1.165, 1.54) is 11.5 Å². The van der Waals surface area contributed by atoms with E-state index in [0.29, 0.717) is 16.7 Å². The molecule has 4 nitrogen and oxygen atoms in total. The van der Waals surface area contributed by atoms with E-state index in [9.17, 15) is 4.79 Å². The topological polar surface area (TPSA) is 60.9 Å². The fourth-order valence-corrected chi connectivity index (χ4v) is 2.30. The number of nitrogen functional groups attached to an aromatic ring is 1. The Morgan fingerprint density at radius 2 is 2.40 bits per heavy atom. The summed E-state index contributed by atoms with van der Waals surface area (Å²) in [6.07, 6.45) is 3.35. The van der Waals surface area contributed by atoms with Crippen molar-refractivity contribution in [3.05, 3.63) is 44.2 Å². The summed E-state index contributed by atoms with van der Waals surface area (Å²) < 4.78 is 6.02. The summed E-state index contributed by atoms with van der Waals surface area (Å²) >= 11 is 4.55. The van der Waals surface area contributed by atoms with Crippen LogP contribution in [0.1, 0.15) is 4.88 Å². The second-order valence-electron chi connectivity index (χ2n) is 3.03. The lowest BCUT2D eigenvalue weighted by molar-refractivity contribution is 0.767. The fourth-order valence-electron chi connectivity index (χ4n) is 1.23. The molecule has 2 aromatic rings. The molecule has 2 aromatic heterocycles. The van der Waals surface area contributed by atoms with E-state index < -0.39 is 0 Å². The van der Waals surface area contributed by atoms with Crippen molar-refractivity contribution < 1.29 is 0 Å². The van der Waals surface area contributed by atoms with Gasteiger partial charge in [-0.25, -0.2) is 4.37 Å². The highest BCUT2D eigenvalue weighted by Gasteiger charge is 2.04. The number of pyridine rings is 1. The van der Waals surface area contributed by atoms with Crippen molar-refractivity contribution in [3.8, 4) is 0 Å². The zero-order chi connectivity index (χ0) is 10.8. The van der Waals surface area contributed by atoms with Gasteiger partial charge >= 0.3 is 0 Å². The Morgan fingerprint density at radius 3 is 3.07 bits per heavy atom. The molecule has 2 N–H and O–H groups in total. The van der Waals surface area contributed by atoms with Gasteiger partial charge < -0.3 is 10.3 Å². The summed E-state index contributed by atoms with van der Waals surface area (Å²) in [6, 6.07) is 3.49. The summed E-state index contributed by atoms with van der Waals surface area (Å²) in [5.74, 6) is 0. The Kier molecular flexibility index (Phi) is 2.88. The number of rotatable bonds is 2. The number of anilines is 1. The summed E-state index contributed by atoms with van der Waals surface area (Å²) in [4.78, 5) is 12.7. The normalized spacial score (nSPS) is 10.5. The molecule has 78 valence electrons. The van der Waals surface area contributed by atoms with Crippen LogP contribution in [0, 0.1) is 0 Å². The monoisotopic (exact) mass is 285 g/mol. The number of hydrogen-bond acceptors (Lipinski definition) is 4. The number of aromatic nitrogens is 2. The molecule has 0 saturated heterocycles. The smallest absolute Gasteiger partial charge is 0.265 e. The molecular weight excluding hydrogens is 278 g/mol. The summed E-state index contributed by atoms with van der Waals surface area (Å²) in [6.45, 7) is 0.507. The van der Waals surface area contributed by atoms with Crippen LogP contribution in [-0.4, -0.2) is 8.94 Å². The van der Waals surface area contributed by atoms with Gasteiger partial charge in [-0.15, -0.1) is 0 Å². The third kappa shape index (κ3) is 2.27. The zero-order valence-corrected chi connectivity index (χ0v) is 10.1. The van der Waals surface area contributed by atoms with Gasteiger partial charge in [0, 0.05) is 23.0 Å². The SMILES string of the molecule is Nc1cc(Br)c(=O)n(Cc2ccns2)c1. The van der Waals surface area contributed by atoms with Gasteiger partial charge in [0.05, 0.1) is 11.0 Å². The molecule has 0 saturated carbocycles. The molecule has 0 aliphatic rings. The molecule has 0 spiro atoms. The third-order valence-electron chi connectivity index (χ3n) is 1.88. The van der Waals surface area contributed by atoms with E-state index in [0.717, 1.165) is 4.88 Å². The highest BCUT2D eigenvalue weighted by Crippen LogP contribution is 2.11. The van der Waals surface area contributed by atoms with Crippen LogP contribution in [-0.2, 0) is 6.54 Å². The van der Waals surface area contributed by atoms with Gasteiger partial charge in [0.1, 0.15) is 0 Å². The molecule has 0 atom stereocenters. The van der Waals surface area contributed by atoms with Gasteiger partial charge in [0.15, 0.2) is 0 Å². The molecule has 0 fully saturated rings. The van der Waals surface area contributed by atoms with E-state index in [1.807, 2.05) is 6.07 Å². The molecule has 0 aromatic carbocycles. The molecule has 0 aliphatic carbocycles. The first-order valence-corrected chi connectivity index (χ1v) is 5.78. The van der Waals surface area contributed by atoms with Crippen LogP contribution in [0.3, 0.4) is 0 Å². The average molecular weight is 286 g/mol. The molecule has 0 aliphatic heterocycles. The standard InChI is InChI=1S/C9H8BrN3OS/c10-8-3-6(11)4-13(9(8)14)5-7-1-2-12-15-7/h1-4H,5,11H2. The van der Waals surface area contributed by atoms with Gasteiger partial charge in [-0.05, 0) is 39.6 Å². The summed E-state index contributed by atoms with van der Waals surface area (Å²) in [5.41, 5.74) is 6.13. The minimum absolute atomic E-state index is 0.0856. The molecule has 2 heterocycles. The lowest BCUT2D eigenvalue weighted by Gasteiger charge is -2.05. The first-order chi connectivity index (χ1) is 7.16. The quantitative estimate of drug-likeness (QED) is 0.914. The first kappa shape index (κ1) is 10.4. The Hall–Kier alpha value is -1.14. The minimum Gasteiger partial charge on any atom is -0.398 e. The fraction of sp³-hybridized carbons (Fsp3) is 0.111. The number of hydrogen-bond donors (Lipinski definition) is 1. The molecular formula is C9H8BrN3OS. The van der Waals surface area contributed by atoms with Gasteiger partial charge in [0.2, 0.25) is 0 Å². The highest BCUT2D eigenvalue weighted by atomic mass is 79.9. The highest BCUT2D eigenvalue weighted by molar-refractivity contribution is 9.10. The number of nitrogens with zero attached hydrogens (tertiary/aromatic N) is 2. The number of nitrogens with two attached hydrogens (primary N) is 1. The van der Waals surface area contributed by atoms with Gasteiger partial charge in [0.25, 0.3) is 5.56 Å². The lowest BCUT2D eigenvalue weighted by Crippen LogP contribution is -2.20. The second-order valence-corrected chi connectivity index (χ2v) is 4.81. The zero-order valence-electron chi connectivity index (χ0n) is 7.68. The van der Waals surface area contributed by atoms with E-state index in [4.69, 9.17) is 5.73 Å². The molecule has 0 unspecified atom stereocenters. The van der Waals surface area contributed by atoms with Crippen LogP contribution in [0.4, 0.5) is 5.69 Å². The molecule has 15 heavy (non-hydrogen) atoms. The lowest BCUT2D eigenvalue weighted by atomic mass is 10.4. The average Bonchev–Trinajstić information content (AvgIpc) is 2.66. The van der Waals surface area contributed by atoms with Crippen molar-refractivity contribution in [1.82, 2.24) is 8.94 Å². The number of halogens is 1. The van der Waals surface area contributed by atoms with Crippen LogP contribution < -0.4 is 11.3 Å². The van der Waals surface area contributed by atoms with Crippen molar-refractivity contribution in [1.29, 1.82) is 0 Å². The third-order valence-corrected chi connectivity index (χ3v) is 3.18. The summed E-state index contributed by atoms with van der Waals surface area (Å²) in [5, 5.41) is 0. The molecule has 0 bridgehead atoms. The minimum atomic E-state index is -0.0856. The van der Waals surface area contributed by atoms with Crippen LogP contribution >= 0.6 is 27.5 Å². The van der Waals surface area contributed by atoms with Crippen molar-refractivity contribution in [2.75, 3.05) is 5.73 Å². The maximum absolute atomic E-state index is 11.7. The van der Waals surface area contributed by atoms with Crippen molar-refractivity contribution >= 4 is 33.1 Å². The van der Waals surface area contributed by atoms with E-state index >= 15 is 0 Å². The largest absolute Gasteiger partial charge is 0.398 e. The van der Waals surface area contributed by atoms with E-state index in [1.54, 1.807) is 23.0 Å². The summed E-state index contributed by atoms with van der Waals surface area (Å²) in [7, 11) is 0. The first-order valence-electron chi connectivity index (χ1n) is 4.22. The maximum Gasteiger partial charge on any atom is 0.265 e. The Balaban J connectivity index is 2.41. The Morgan fingerprint density at radius 1 is 1.60 bits per heavy atom. The van der Waals surface area contributed by atoms with Crippen LogP contribution in [0.2, 0.25) is 0 Å².